The number of hydrogen-bond donors (Lipinski definition) is 1. The van der Waals surface area contributed by atoms with Gasteiger partial charge in [-0.15, -0.1) is 24.2 Å². The maximum atomic E-state index is 12.0. The van der Waals surface area contributed by atoms with Gasteiger partial charge in [-0.25, -0.2) is 0 Å². The molecule has 0 atom stereocenters. The predicted molar refractivity (Wildman–Crippen MR) is 82.7 cm³/mol. The summed E-state index contributed by atoms with van der Waals surface area (Å²) in [6, 6.07) is 0. The van der Waals surface area contributed by atoms with Gasteiger partial charge in [0.05, 0.1) is 5.75 Å². The fraction of sp³-hybridized carbons (Fsp3) is 0.923. The lowest BCUT2D eigenvalue weighted by Crippen LogP contribution is -2.41. The van der Waals surface area contributed by atoms with Crippen molar-refractivity contribution >= 4 is 30.1 Å². The van der Waals surface area contributed by atoms with E-state index in [-0.39, 0.29) is 17.2 Å². The van der Waals surface area contributed by atoms with E-state index >= 15 is 0 Å². The fourth-order valence-electron chi connectivity index (χ4n) is 2.04. The number of carbonyl (C=O) groups is 1. The van der Waals surface area contributed by atoms with Gasteiger partial charge in [-0.3, -0.25) is 4.79 Å². The van der Waals surface area contributed by atoms with Crippen LogP contribution in [0.5, 0.6) is 0 Å². The minimum absolute atomic E-state index is 0. The minimum atomic E-state index is 0. The molecule has 0 aromatic carbocycles. The Hall–Kier alpha value is 0.0700. The van der Waals surface area contributed by atoms with Gasteiger partial charge in [-0.2, -0.15) is 0 Å². The highest BCUT2D eigenvalue weighted by Gasteiger charge is 2.23. The van der Waals surface area contributed by atoms with E-state index in [0.717, 1.165) is 38.4 Å². The van der Waals surface area contributed by atoms with Crippen LogP contribution in [0.3, 0.4) is 0 Å². The molecule has 1 amide bonds. The quantitative estimate of drug-likeness (QED) is 0.864. The smallest absolute Gasteiger partial charge is 0.232 e. The fourth-order valence-corrected chi connectivity index (χ4v) is 2.78. The van der Waals surface area contributed by atoms with Crippen LogP contribution in [-0.2, 0) is 4.79 Å². The topological polar surface area (TPSA) is 32.3 Å². The lowest BCUT2D eigenvalue weighted by Gasteiger charge is -2.32. The van der Waals surface area contributed by atoms with E-state index in [1.165, 1.54) is 0 Å². The van der Waals surface area contributed by atoms with Gasteiger partial charge < -0.3 is 10.2 Å². The summed E-state index contributed by atoms with van der Waals surface area (Å²) in [5.74, 6) is 1.69. The molecular weight excluding hydrogens is 268 g/mol. The number of amides is 1. The van der Waals surface area contributed by atoms with Crippen LogP contribution in [0.1, 0.15) is 33.6 Å². The van der Waals surface area contributed by atoms with Gasteiger partial charge in [0, 0.05) is 17.8 Å². The summed E-state index contributed by atoms with van der Waals surface area (Å²) in [6.07, 6.45) is 2.29. The molecule has 5 heteroatoms. The van der Waals surface area contributed by atoms with Gasteiger partial charge in [-0.1, -0.05) is 20.8 Å². The van der Waals surface area contributed by atoms with E-state index in [4.69, 9.17) is 0 Å². The Balaban J connectivity index is 0.00000289. The second kappa shape index (κ2) is 8.28. The van der Waals surface area contributed by atoms with Gasteiger partial charge in [0.2, 0.25) is 5.91 Å². The Kier molecular flexibility index (Phi) is 8.31. The molecule has 1 fully saturated rings. The number of halogens is 1. The second-order valence-electron chi connectivity index (χ2n) is 5.78. The monoisotopic (exact) mass is 294 g/mol. The molecule has 1 N–H and O–H groups in total. The van der Waals surface area contributed by atoms with Crippen LogP contribution in [0.15, 0.2) is 0 Å². The molecule has 1 aliphatic rings. The largest absolute Gasteiger partial charge is 0.342 e. The molecule has 3 nitrogen and oxygen atoms in total. The Labute approximate surface area is 122 Å². The molecule has 1 rings (SSSR count). The third kappa shape index (κ3) is 6.86. The standard InChI is InChI=1S/C13H26N2OS.ClH/c1-13(2,3)17-10-12(16)15-7-5-11(6-8-15)9-14-4;/h11,14H,5-10H2,1-4H3;1H. The Morgan fingerprint density at radius 3 is 2.33 bits per heavy atom. The first kappa shape index (κ1) is 18.1. The average Bonchev–Trinajstić information content (AvgIpc) is 2.26. The van der Waals surface area contributed by atoms with E-state index in [9.17, 15) is 4.79 Å². The maximum absolute atomic E-state index is 12.0. The first-order valence-electron chi connectivity index (χ1n) is 6.48. The van der Waals surface area contributed by atoms with Crippen LogP contribution in [-0.4, -0.2) is 48.0 Å². The summed E-state index contributed by atoms with van der Waals surface area (Å²) in [4.78, 5) is 14.0. The van der Waals surface area contributed by atoms with E-state index in [1.807, 2.05) is 11.9 Å². The zero-order chi connectivity index (χ0) is 12.9. The third-order valence-electron chi connectivity index (χ3n) is 3.09. The molecular formula is C13H27ClN2OS. The average molecular weight is 295 g/mol. The molecule has 0 radical (unpaired) electrons. The molecule has 0 spiro atoms. The van der Waals surface area contributed by atoms with Crippen LogP contribution in [0.2, 0.25) is 0 Å². The Morgan fingerprint density at radius 2 is 1.89 bits per heavy atom. The molecule has 0 aliphatic carbocycles. The highest BCUT2D eigenvalue weighted by atomic mass is 35.5. The molecule has 1 aliphatic heterocycles. The molecule has 0 bridgehead atoms. The van der Waals surface area contributed by atoms with Crippen molar-refractivity contribution in [3.63, 3.8) is 0 Å². The molecule has 1 saturated heterocycles. The predicted octanol–water partition coefficient (Wildman–Crippen LogP) is 2.40. The summed E-state index contributed by atoms with van der Waals surface area (Å²) < 4.78 is 0.181. The Morgan fingerprint density at radius 1 is 1.33 bits per heavy atom. The number of hydrogen-bond acceptors (Lipinski definition) is 3. The zero-order valence-corrected chi connectivity index (χ0v) is 13.6. The number of carbonyl (C=O) groups excluding carboxylic acids is 1. The molecule has 0 unspecified atom stereocenters. The Bertz CT molecular complexity index is 248. The van der Waals surface area contributed by atoms with E-state index < -0.39 is 0 Å². The van der Waals surface area contributed by atoms with Gasteiger partial charge in [-0.05, 0) is 32.4 Å². The molecule has 0 aromatic heterocycles. The van der Waals surface area contributed by atoms with Crippen LogP contribution < -0.4 is 5.32 Å². The van der Waals surface area contributed by atoms with Gasteiger partial charge in [0.25, 0.3) is 0 Å². The van der Waals surface area contributed by atoms with Crippen LogP contribution in [0, 0.1) is 5.92 Å². The van der Waals surface area contributed by atoms with Crippen molar-refractivity contribution in [2.24, 2.45) is 5.92 Å². The number of rotatable bonds is 4. The van der Waals surface area contributed by atoms with Crippen molar-refractivity contribution in [2.45, 2.75) is 38.4 Å². The number of nitrogens with zero attached hydrogens (tertiary/aromatic N) is 1. The number of thioether (sulfide) groups is 1. The van der Waals surface area contributed by atoms with Crippen molar-refractivity contribution in [2.75, 3.05) is 32.4 Å². The summed E-state index contributed by atoms with van der Waals surface area (Å²) in [5.41, 5.74) is 0. The van der Waals surface area contributed by atoms with Gasteiger partial charge in [0.15, 0.2) is 0 Å². The van der Waals surface area contributed by atoms with Crippen molar-refractivity contribution in [1.29, 1.82) is 0 Å². The van der Waals surface area contributed by atoms with Crippen LogP contribution in [0.4, 0.5) is 0 Å². The first-order chi connectivity index (χ1) is 7.92. The maximum Gasteiger partial charge on any atom is 0.232 e. The first-order valence-corrected chi connectivity index (χ1v) is 7.47. The summed E-state index contributed by atoms with van der Waals surface area (Å²) in [5, 5.41) is 3.22. The number of likely N-dealkylation sites (tertiary alicyclic amines) is 1. The van der Waals surface area contributed by atoms with Crippen molar-refractivity contribution in [1.82, 2.24) is 10.2 Å². The SMILES string of the molecule is CNCC1CCN(C(=O)CSC(C)(C)C)CC1.Cl. The van der Waals surface area contributed by atoms with E-state index in [2.05, 4.69) is 26.1 Å². The summed E-state index contributed by atoms with van der Waals surface area (Å²) in [6.45, 7) is 9.43. The highest BCUT2D eigenvalue weighted by molar-refractivity contribution is 8.01. The lowest BCUT2D eigenvalue weighted by atomic mass is 9.97. The number of nitrogens with one attached hydrogen (secondary N) is 1. The van der Waals surface area contributed by atoms with E-state index in [0.29, 0.717) is 11.7 Å². The van der Waals surface area contributed by atoms with Crippen molar-refractivity contribution in [3.05, 3.63) is 0 Å². The molecule has 18 heavy (non-hydrogen) atoms. The highest BCUT2D eigenvalue weighted by Crippen LogP contribution is 2.24. The molecule has 0 aromatic rings. The molecule has 1 heterocycles. The molecule has 108 valence electrons. The minimum Gasteiger partial charge on any atom is -0.342 e. The lowest BCUT2D eigenvalue weighted by molar-refractivity contribution is -0.129. The van der Waals surface area contributed by atoms with Crippen molar-refractivity contribution in [3.8, 4) is 0 Å². The van der Waals surface area contributed by atoms with Crippen LogP contribution in [0.25, 0.3) is 0 Å². The third-order valence-corrected chi connectivity index (χ3v) is 4.35. The van der Waals surface area contributed by atoms with Gasteiger partial charge >= 0.3 is 0 Å². The summed E-state index contributed by atoms with van der Waals surface area (Å²) >= 11 is 1.74. The summed E-state index contributed by atoms with van der Waals surface area (Å²) in [7, 11) is 2.00. The molecule has 0 saturated carbocycles. The van der Waals surface area contributed by atoms with Gasteiger partial charge in [0.1, 0.15) is 0 Å². The van der Waals surface area contributed by atoms with E-state index in [1.54, 1.807) is 11.8 Å². The van der Waals surface area contributed by atoms with Crippen LogP contribution >= 0.6 is 24.2 Å². The van der Waals surface area contributed by atoms with Crippen molar-refractivity contribution < 1.29 is 4.79 Å². The number of piperidine rings is 1. The second-order valence-corrected chi connectivity index (χ2v) is 7.58. The zero-order valence-electron chi connectivity index (χ0n) is 12.0. The normalized spacial score (nSPS) is 17.4.